The highest BCUT2D eigenvalue weighted by Gasteiger charge is 2.37. The number of non-ortho nitro benzene ring substituents is 1. The summed E-state index contributed by atoms with van der Waals surface area (Å²) in [5.74, 6) is -1.90. The van der Waals surface area contributed by atoms with Gasteiger partial charge in [0.05, 0.1) is 16.1 Å². The second-order valence-electron chi connectivity index (χ2n) is 5.59. The smallest absolute Gasteiger partial charge is 0.270 e. The first-order valence-corrected chi connectivity index (χ1v) is 7.90. The van der Waals surface area contributed by atoms with Gasteiger partial charge in [0.2, 0.25) is 5.91 Å². The maximum atomic E-state index is 12.3. The van der Waals surface area contributed by atoms with Crippen LogP contribution in [-0.2, 0) is 11.3 Å². The molecular formula is C17H12ClN3O5. The zero-order valence-corrected chi connectivity index (χ0v) is 14.0. The van der Waals surface area contributed by atoms with E-state index in [1.54, 1.807) is 24.3 Å². The van der Waals surface area contributed by atoms with Crippen molar-refractivity contribution in [3.05, 3.63) is 74.3 Å². The molecule has 0 unspecified atom stereocenters. The maximum absolute atomic E-state index is 12.3. The van der Waals surface area contributed by atoms with Crippen molar-refractivity contribution in [2.75, 3.05) is 6.54 Å². The maximum Gasteiger partial charge on any atom is 0.270 e. The summed E-state index contributed by atoms with van der Waals surface area (Å²) in [5, 5.41) is 14.0. The molecule has 0 radical (unpaired) electrons. The number of imide groups is 1. The van der Waals surface area contributed by atoms with Crippen LogP contribution in [0.4, 0.5) is 5.69 Å². The third-order valence-electron chi connectivity index (χ3n) is 3.87. The largest absolute Gasteiger partial charge is 0.350 e. The molecule has 1 aliphatic heterocycles. The van der Waals surface area contributed by atoms with E-state index < -0.39 is 29.2 Å². The van der Waals surface area contributed by atoms with E-state index in [0.29, 0.717) is 5.02 Å². The zero-order valence-electron chi connectivity index (χ0n) is 13.3. The number of nitrogens with one attached hydrogen (secondary N) is 1. The normalized spacial score (nSPS) is 12.9. The Morgan fingerprint density at radius 3 is 2.38 bits per heavy atom. The Labute approximate surface area is 152 Å². The fraction of sp³-hybridized carbons (Fsp3) is 0.118. The summed E-state index contributed by atoms with van der Waals surface area (Å²) in [6.45, 7) is -0.252. The molecule has 1 heterocycles. The van der Waals surface area contributed by atoms with Crippen LogP contribution in [0, 0.1) is 10.1 Å². The topological polar surface area (TPSA) is 110 Å². The molecule has 8 nitrogen and oxygen atoms in total. The Morgan fingerprint density at radius 2 is 1.73 bits per heavy atom. The summed E-state index contributed by atoms with van der Waals surface area (Å²) < 4.78 is 0. The Bertz CT molecular complexity index is 926. The van der Waals surface area contributed by atoms with Gasteiger partial charge in [0.1, 0.15) is 6.54 Å². The number of benzene rings is 2. The van der Waals surface area contributed by atoms with Gasteiger partial charge in [-0.2, -0.15) is 0 Å². The van der Waals surface area contributed by atoms with Crippen LogP contribution in [0.15, 0.2) is 42.5 Å². The molecule has 2 aromatic carbocycles. The molecule has 132 valence electrons. The van der Waals surface area contributed by atoms with E-state index in [-0.39, 0.29) is 23.4 Å². The number of hydrogen-bond donors (Lipinski definition) is 1. The summed E-state index contributed by atoms with van der Waals surface area (Å²) in [6.07, 6.45) is 0. The second kappa shape index (κ2) is 6.93. The molecule has 0 saturated carbocycles. The standard InChI is InChI=1S/C17H12ClN3O5/c18-11-3-1-10(2-4-11)8-19-15(22)9-20-16(23)13-6-5-12(21(25)26)7-14(13)17(20)24/h1-7H,8-9H2,(H,19,22). The van der Waals surface area contributed by atoms with Gasteiger partial charge >= 0.3 is 0 Å². The molecule has 3 amide bonds. The van der Waals surface area contributed by atoms with Crippen molar-refractivity contribution in [2.24, 2.45) is 0 Å². The van der Waals surface area contributed by atoms with Crippen molar-refractivity contribution < 1.29 is 19.3 Å². The van der Waals surface area contributed by atoms with Crippen LogP contribution in [0.3, 0.4) is 0 Å². The minimum absolute atomic E-state index is 0.0473. The first-order valence-electron chi connectivity index (χ1n) is 7.52. The predicted octanol–water partition coefficient (Wildman–Crippen LogP) is 2.16. The highest BCUT2D eigenvalue weighted by Crippen LogP contribution is 2.26. The third kappa shape index (κ3) is 3.40. The van der Waals surface area contributed by atoms with Crippen LogP contribution in [-0.4, -0.2) is 34.1 Å². The summed E-state index contributed by atoms with van der Waals surface area (Å²) in [4.78, 5) is 47.6. The first kappa shape index (κ1) is 17.6. The molecule has 0 saturated heterocycles. The molecule has 0 bridgehead atoms. The van der Waals surface area contributed by atoms with E-state index in [9.17, 15) is 24.5 Å². The molecule has 9 heteroatoms. The molecule has 1 aliphatic rings. The van der Waals surface area contributed by atoms with Gasteiger partial charge in [-0.1, -0.05) is 23.7 Å². The highest BCUT2D eigenvalue weighted by atomic mass is 35.5. The molecule has 3 rings (SSSR count). The van der Waals surface area contributed by atoms with Crippen molar-refractivity contribution in [2.45, 2.75) is 6.54 Å². The van der Waals surface area contributed by atoms with Crippen LogP contribution in [0.2, 0.25) is 5.02 Å². The molecule has 0 atom stereocenters. The van der Waals surface area contributed by atoms with Crippen molar-refractivity contribution >= 4 is 35.0 Å². The first-order chi connectivity index (χ1) is 12.4. The van der Waals surface area contributed by atoms with E-state index in [2.05, 4.69) is 5.32 Å². The molecule has 0 aliphatic carbocycles. The number of amides is 3. The molecule has 0 aromatic heterocycles. The summed E-state index contributed by atoms with van der Waals surface area (Å²) in [7, 11) is 0. The zero-order chi connectivity index (χ0) is 18.8. The number of nitro groups is 1. The number of nitro benzene ring substituents is 1. The number of carbonyl (C=O) groups excluding carboxylic acids is 3. The number of rotatable bonds is 5. The Morgan fingerprint density at radius 1 is 1.08 bits per heavy atom. The van der Waals surface area contributed by atoms with Gasteiger partial charge in [0.25, 0.3) is 17.5 Å². The molecule has 0 spiro atoms. The fourth-order valence-electron chi connectivity index (χ4n) is 2.54. The monoisotopic (exact) mass is 373 g/mol. The van der Waals surface area contributed by atoms with E-state index in [0.717, 1.165) is 22.6 Å². The van der Waals surface area contributed by atoms with Crippen LogP contribution in [0.5, 0.6) is 0 Å². The number of halogens is 1. The third-order valence-corrected chi connectivity index (χ3v) is 4.12. The number of nitrogens with zero attached hydrogens (tertiary/aromatic N) is 2. The van der Waals surface area contributed by atoms with Gasteiger partial charge in [-0.3, -0.25) is 29.4 Å². The summed E-state index contributed by atoms with van der Waals surface area (Å²) in [6, 6.07) is 10.3. The number of hydrogen-bond acceptors (Lipinski definition) is 5. The SMILES string of the molecule is O=C(CN1C(=O)c2ccc([N+](=O)[O-])cc2C1=O)NCc1ccc(Cl)cc1. The average Bonchev–Trinajstić information content (AvgIpc) is 2.85. The predicted molar refractivity (Wildman–Crippen MR) is 91.8 cm³/mol. The summed E-state index contributed by atoms with van der Waals surface area (Å²) in [5.41, 5.74) is 0.487. The van der Waals surface area contributed by atoms with E-state index in [1.807, 2.05) is 0 Å². The molecule has 2 aromatic rings. The van der Waals surface area contributed by atoms with E-state index >= 15 is 0 Å². The Hall–Kier alpha value is -3.26. The van der Waals surface area contributed by atoms with Gasteiger partial charge in [-0.15, -0.1) is 0 Å². The highest BCUT2D eigenvalue weighted by molar-refractivity contribution is 6.30. The lowest BCUT2D eigenvalue weighted by atomic mass is 10.1. The summed E-state index contributed by atoms with van der Waals surface area (Å²) >= 11 is 5.78. The van der Waals surface area contributed by atoms with Gasteiger partial charge < -0.3 is 5.32 Å². The molecule has 1 N–H and O–H groups in total. The molecular weight excluding hydrogens is 362 g/mol. The Kier molecular flexibility index (Phi) is 4.68. The van der Waals surface area contributed by atoms with Gasteiger partial charge in [0.15, 0.2) is 0 Å². The molecule has 26 heavy (non-hydrogen) atoms. The average molecular weight is 374 g/mol. The van der Waals surface area contributed by atoms with Gasteiger partial charge in [-0.05, 0) is 23.8 Å². The van der Waals surface area contributed by atoms with Gasteiger partial charge in [-0.25, -0.2) is 0 Å². The lowest BCUT2D eigenvalue weighted by Crippen LogP contribution is -2.40. The van der Waals surface area contributed by atoms with Crippen LogP contribution < -0.4 is 5.32 Å². The lowest BCUT2D eigenvalue weighted by molar-refractivity contribution is -0.384. The van der Waals surface area contributed by atoms with Crippen LogP contribution in [0.1, 0.15) is 26.3 Å². The lowest BCUT2D eigenvalue weighted by Gasteiger charge is -2.13. The minimum Gasteiger partial charge on any atom is -0.350 e. The van der Waals surface area contributed by atoms with Crippen molar-refractivity contribution in [1.29, 1.82) is 0 Å². The van der Waals surface area contributed by atoms with Crippen molar-refractivity contribution in [3.8, 4) is 0 Å². The minimum atomic E-state index is -0.727. The molecule has 0 fully saturated rings. The number of carbonyl (C=O) groups is 3. The van der Waals surface area contributed by atoms with Crippen molar-refractivity contribution in [1.82, 2.24) is 10.2 Å². The van der Waals surface area contributed by atoms with E-state index in [1.165, 1.54) is 6.07 Å². The quantitative estimate of drug-likeness (QED) is 0.490. The van der Waals surface area contributed by atoms with Gasteiger partial charge in [0, 0.05) is 23.7 Å². The fourth-order valence-corrected chi connectivity index (χ4v) is 2.66. The van der Waals surface area contributed by atoms with E-state index in [4.69, 9.17) is 11.6 Å². The number of fused-ring (bicyclic) bond motifs is 1. The second-order valence-corrected chi connectivity index (χ2v) is 6.02. The Balaban J connectivity index is 1.67. The van der Waals surface area contributed by atoms with Crippen LogP contribution >= 0.6 is 11.6 Å². The van der Waals surface area contributed by atoms with Crippen molar-refractivity contribution in [3.63, 3.8) is 0 Å². The van der Waals surface area contributed by atoms with Crippen LogP contribution in [0.25, 0.3) is 0 Å².